The first kappa shape index (κ1) is 16.4. The molecule has 0 spiro atoms. The van der Waals surface area contributed by atoms with Crippen LogP contribution in [0, 0.1) is 0 Å². The number of benzene rings is 1. The molecule has 2 aromatic rings. The largest absolute Gasteiger partial charge is 0.383 e. The summed E-state index contributed by atoms with van der Waals surface area (Å²) in [6, 6.07) is 11.0. The van der Waals surface area contributed by atoms with Crippen molar-refractivity contribution in [2.75, 3.05) is 44.8 Å². The lowest BCUT2D eigenvalue weighted by molar-refractivity contribution is 0.117. The van der Waals surface area contributed by atoms with Crippen molar-refractivity contribution >= 4 is 16.5 Å². The van der Waals surface area contributed by atoms with Gasteiger partial charge in [0.1, 0.15) is 5.01 Å². The Kier molecular flexibility index (Phi) is 5.59. The van der Waals surface area contributed by atoms with E-state index in [0.29, 0.717) is 6.04 Å². The average Bonchev–Trinajstić information content (AvgIpc) is 3.03. The van der Waals surface area contributed by atoms with Crippen molar-refractivity contribution in [1.82, 2.24) is 15.1 Å². The maximum absolute atomic E-state index is 5.19. The standard InChI is InChI=1S/C17H24N4OS/c1-14-13-21(9-8-20(14)10-11-22-2)17-19-18-16(23-17)12-15-6-4-3-5-7-15/h3-7,14H,8-13H2,1-2H3. The predicted molar refractivity (Wildman–Crippen MR) is 94.3 cm³/mol. The van der Waals surface area contributed by atoms with Crippen LogP contribution in [0.4, 0.5) is 5.13 Å². The highest BCUT2D eigenvalue weighted by Gasteiger charge is 2.25. The number of aromatic nitrogens is 2. The minimum atomic E-state index is 0.514. The molecule has 0 radical (unpaired) electrons. The van der Waals surface area contributed by atoms with E-state index in [1.165, 1.54) is 5.56 Å². The molecule has 1 aliphatic heterocycles. The molecule has 1 aromatic carbocycles. The Morgan fingerprint density at radius 2 is 2.04 bits per heavy atom. The fourth-order valence-corrected chi connectivity index (χ4v) is 3.83. The first-order valence-electron chi connectivity index (χ1n) is 8.10. The van der Waals surface area contributed by atoms with Crippen LogP contribution in [0.5, 0.6) is 0 Å². The van der Waals surface area contributed by atoms with Crippen molar-refractivity contribution in [3.8, 4) is 0 Å². The van der Waals surface area contributed by atoms with Crippen LogP contribution < -0.4 is 4.90 Å². The first-order valence-corrected chi connectivity index (χ1v) is 8.92. The monoisotopic (exact) mass is 332 g/mol. The molecule has 23 heavy (non-hydrogen) atoms. The molecule has 0 saturated carbocycles. The Bertz CT molecular complexity index is 604. The minimum Gasteiger partial charge on any atom is -0.383 e. The van der Waals surface area contributed by atoms with Crippen molar-refractivity contribution in [2.24, 2.45) is 0 Å². The van der Waals surface area contributed by atoms with E-state index in [1.807, 2.05) is 6.07 Å². The van der Waals surface area contributed by atoms with Crippen LogP contribution in [0.25, 0.3) is 0 Å². The summed E-state index contributed by atoms with van der Waals surface area (Å²) in [6.45, 7) is 7.13. The lowest BCUT2D eigenvalue weighted by atomic mass is 10.2. The molecular formula is C17H24N4OS. The van der Waals surface area contributed by atoms with Crippen LogP contribution in [-0.2, 0) is 11.2 Å². The second-order valence-electron chi connectivity index (χ2n) is 5.96. The number of hydrogen-bond acceptors (Lipinski definition) is 6. The van der Waals surface area contributed by atoms with Crippen LogP contribution in [-0.4, -0.2) is 61.0 Å². The van der Waals surface area contributed by atoms with E-state index in [2.05, 4.69) is 51.2 Å². The SMILES string of the molecule is COCCN1CCN(c2nnc(Cc3ccccc3)s2)CC1C. The van der Waals surface area contributed by atoms with Gasteiger partial charge in [-0.3, -0.25) is 4.90 Å². The number of anilines is 1. The Labute approximate surface area is 141 Å². The number of nitrogens with zero attached hydrogens (tertiary/aromatic N) is 4. The van der Waals surface area contributed by atoms with Gasteiger partial charge < -0.3 is 9.64 Å². The van der Waals surface area contributed by atoms with Crippen LogP contribution in [0.1, 0.15) is 17.5 Å². The maximum Gasteiger partial charge on any atom is 0.208 e. The van der Waals surface area contributed by atoms with Gasteiger partial charge in [0.25, 0.3) is 0 Å². The van der Waals surface area contributed by atoms with Crippen LogP contribution in [0.15, 0.2) is 30.3 Å². The van der Waals surface area contributed by atoms with E-state index in [1.54, 1.807) is 18.4 Å². The molecule has 1 fully saturated rings. The summed E-state index contributed by atoms with van der Waals surface area (Å²) >= 11 is 1.72. The summed E-state index contributed by atoms with van der Waals surface area (Å²) in [5, 5.41) is 10.9. The molecule has 124 valence electrons. The minimum absolute atomic E-state index is 0.514. The Hall–Kier alpha value is -1.50. The zero-order chi connectivity index (χ0) is 16.1. The highest BCUT2D eigenvalue weighted by atomic mass is 32.1. The van der Waals surface area contributed by atoms with E-state index < -0.39 is 0 Å². The highest BCUT2D eigenvalue weighted by molar-refractivity contribution is 7.15. The third kappa shape index (κ3) is 4.28. The number of piperazine rings is 1. The van der Waals surface area contributed by atoms with Crippen molar-refractivity contribution in [3.63, 3.8) is 0 Å². The lowest BCUT2D eigenvalue weighted by Crippen LogP contribution is -2.52. The highest BCUT2D eigenvalue weighted by Crippen LogP contribution is 2.24. The number of rotatable bonds is 6. The number of ether oxygens (including phenoxy) is 1. The van der Waals surface area contributed by atoms with Gasteiger partial charge in [-0.25, -0.2) is 0 Å². The first-order chi connectivity index (χ1) is 11.3. The van der Waals surface area contributed by atoms with Crippen LogP contribution >= 0.6 is 11.3 Å². The van der Waals surface area contributed by atoms with E-state index >= 15 is 0 Å². The third-order valence-corrected chi connectivity index (χ3v) is 5.26. The zero-order valence-corrected chi connectivity index (χ0v) is 14.6. The second kappa shape index (κ2) is 7.86. The van der Waals surface area contributed by atoms with Gasteiger partial charge >= 0.3 is 0 Å². The van der Waals surface area contributed by atoms with Crippen molar-refractivity contribution in [2.45, 2.75) is 19.4 Å². The molecule has 3 rings (SSSR count). The van der Waals surface area contributed by atoms with Crippen molar-refractivity contribution in [3.05, 3.63) is 40.9 Å². The molecule has 1 aromatic heterocycles. The van der Waals surface area contributed by atoms with Gasteiger partial charge in [0.2, 0.25) is 5.13 Å². The Morgan fingerprint density at radius 3 is 2.78 bits per heavy atom. The number of methoxy groups -OCH3 is 1. The Balaban J connectivity index is 1.58. The molecular weight excluding hydrogens is 308 g/mol. The molecule has 0 aliphatic carbocycles. The smallest absolute Gasteiger partial charge is 0.208 e. The fraction of sp³-hybridized carbons (Fsp3) is 0.529. The average molecular weight is 332 g/mol. The zero-order valence-electron chi connectivity index (χ0n) is 13.8. The van der Waals surface area contributed by atoms with E-state index in [-0.39, 0.29) is 0 Å². The summed E-state index contributed by atoms with van der Waals surface area (Å²) < 4.78 is 5.19. The van der Waals surface area contributed by atoms with Gasteiger partial charge in [-0.05, 0) is 12.5 Å². The van der Waals surface area contributed by atoms with Crippen LogP contribution in [0.2, 0.25) is 0 Å². The summed E-state index contributed by atoms with van der Waals surface area (Å²) in [5.41, 5.74) is 1.29. The molecule has 1 saturated heterocycles. The number of hydrogen-bond donors (Lipinski definition) is 0. The van der Waals surface area contributed by atoms with E-state index in [4.69, 9.17) is 4.74 Å². The summed E-state index contributed by atoms with van der Waals surface area (Å²) in [5.74, 6) is 0. The van der Waals surface area contributed by atoms with Crippen molar-refractivity contribution < 1.29 is 4.74 Å². The fourth-order valence-electron chi connectivity index (χ4n) is 2.92. The second-order valence-corrected chi connectivity index (χ2v) is 7.01. The van der Waals surface area contributed by atoms with E-state index in [9.17, 15) is 0 Å². The van der Waals surface area contributed by atoms with Gasteiger partial charge in [-0.2, -0.15) is 0 Å². The predicted octanol–water partition coefficient (Wildman–Crippen LogP) is 2.29. The molecule has 6 heteroatoms. The topological polar surface area (TPSA) is 41.5 Å². The molecule has 0 amide bonds. The van der Waals surface area contributed by atoms with Gasteiger partial charge in [0.15, 0.2) is 0 Å². The molecule has 1 aliphatic rings. The van der Waals surface area contributed by atoms with Gasteiger partial charge in [-0.1, -0.05) is 41.7 Å². The molecule has 0 N–H and O–H groups in total. The van der Waals surface area contributed by atoms with Gasteiger partial charge in [-0.15, -0.1) is 10.2 Å². The summed E-state index contributed by atoms with van der Waals surface area (Å²) in [4.78, 5) is 4.84. The van der Waals surface area contributed by atoms with Crippen molar-refractivity contribution in [1.29, 1.82) is 0 Å². The molecule has 1 atom stereocenters. The molecule has 1 unspecified atom stereocenters. The third-order valence-electron chi connectivity index (χ3n) is 4.27. The maximum atomic E-state index is 5.19. The summed E-state index contributed by atoms with van der Waals surface area (Å²) in [7, 11) is 1.76. The normalized spacial score (nSPS) is 19.2. The van der Waals surface area contributed by atoms with Crippen LogP contribution in [0.3, 0.4) is 0 Å². The molecule has 2 heterocycles. The quantitative estimate of drug-likeness (QED) is 0.812. The van der Waals surface area contributed by atoms with Gasteiger partial charge in [0, 0.05) is 45.8 Å². The summed E-state index contributed by atoms with van der Waals surface area (Å²) in [6.07, 6.45) is 0.863. The molecule has 5 nitrogen and oxygen atoms in total. The molecule has 0 bridgehead atoms. The Morgan fingerprint density at radius 1 is 1.22 bits per heavy atom. The van der Waals surface area contributed by atoms with E-state index in [0.717, 1.165) is 49.3 Å². The lowest BCUT2D eigenvalue weighted by Gasteiger charge is -2.39. The van der Waals surface area contributed by atoms with Gasteiger partial charge in [0.05, 0.1) is 6.61 Å².